The molecule has 1 aromatic carbocycles. The first-order valence-corrected chi connectivity index (χ1v) is 7.04. The molecule has 0 bridgehead atoms. The van der Waals surface area contributed by atoms with Gasteiger partial charge in [0.2, 0.25) is 5.91 Å². The number of anilines is 2. The van der Waals surface area contributed by atoms with Crippen molar-refractivity contribution < 1.29 is 9.90 Å². The van der Waals surface area contributed by atoms with E-state index in [-0.39, 0.29) is 5.91 Å². The molecule has 0 aromatic heterocycles. The van der Waals surface area contributed by atoms with Gasteiger partial charge in [-0.2, -0.15) is 0 Å². The quantitative estimate of drug-likeness (QED) is 0.728. The molecule has 0 radical (unpaired) electrons. The molecule has 19 heavy (non-hydrogen) atoms. The lowest BCUT2D eigenvalue weighted by molar-refractivity contribution is -0.116. The number of carbonyl (C=O) groups excluding carboxylic acids is 1. The number of carbonyl (C=O) groups is 1. The molecule has 1 fully saturated rings. The summed E-state index contributed by atoms with van der Waals surface area (Å²) in [5, 5.41) is 12.8. The number of β-amino-alcohol motifs (C(OH)–C–C–N with tert-alkyl or cyclic N) is 1. The van der Waals surface area contributed by atoms with E-state index in [4.69, 9.17) is 5.73 Å². The number of fused-ring (bicyclic) bond motifs is 1. The maximum absolute atomic E-state index is 11.6. The van der Waals surface area contributed by atoms with Crippen LogP contribution >= 0.6 is 15.9 Å². The van der Waals surface area contributed by atoms with Gasteiger partial charge in [-0.15, -0.1) is 0 Å². The maximum Gasteiger partial charge on any atom is 0.245 e. The Balaban J connectivity index is 1.97. The highest BCUT2D eigenvalue weighted by Crippen LogP contribution is 2.40. The molecular formula is C13H16BrN3O2. The highest BCUT2D eigenvalue weighted by molar-refractivity contribution is 9.10. The Hall–Kier alpha value is -1.11. The lowest BCUT2D eigenvalue weighted by atomic mass is 10.1. The zero-order valence-corrected chi connectivity index (χ0v) is 12.2. The summed E-state index contributed by atoms with van der Waals surface area (Å²) in [6, 6.07) is 3.22. The minimum atomic E-state index is -0.655. The van der Waals surface area contributed by atoms with E-state index < -0.39 is 11.6 Å². The Morgan fingerprint density at radius 2 is 2.32 bits per heavy atom. The Kier molecular flexibility index (Phi) is 2.85. The summed E-state index contributed by atoms with van der Waals surface area (Å²) in [4.78, 5) is 13.7. The monoisotopic (exact) mass is 325 g/mol. The summed E-state index contributed by atoms with van der Waals surface area (Å²) in [7, 11) is 0. The molecule has 5 nitrogen and oxygen atoms in total. The topological polar surface area (TPSA) is 78.6 Å². The molecule has 1 saturated heterocycles. The lowest BCUT2D eigenvalue weighted by Gasteiger charge is -2.23. The standard InChI is InChI=1S/C13H16BrN3O2/c1-13(19)2-3-17(6-13)10-5-9-7(4-8(10)14)11(15)12(18)16-9/h4-5,11,19H,2-3,6,15H2,1H3,(H,16,18). The number of aliphatic hydroxyl groups is 1. The first-order chi connectivity index (χ1) is 8.87. The van der Waals surface area contributed by atoms with Crippen molar-refractivity contribution in [3.63, 3.8) is 0 Å². The molecule has 102 valence electrons. The van der Waals surface area contributed by atoms with E-state index in [9.17, 15) is 9.90 Å². The highest BCUT2D eigenvalue weighted by atomic mass is 79.9. The van der Waals surface area contributed by atoms with E-state index in [1.807, 2.05) is 19.1 Å². The number of rotatable bonds is 1. The number of amides is 1. The van der Waals surface area contributed by atoms with Crippen LogP contribution in [0.5, 0.6) is 0 Å². The van der Waals surface area contributed by atoms with E-state index >= 15 is 0 Å². The van der Waals surface area contributed by atoms with Crippen molar-refractivity contribution in [3.05, 3.63) is 22.2 Å². The van der Waals surface area contributed by atoms with E-state index in [0.717, 1.165) is 34.4 Å². The molecule has 1 amide bonds. The van der Waals surface area contributed by atoms with Crippen LogP contribution in [0.15, 0.2) is 16.6 Å². The average Bonchev–Trinajstić information content (AvgIpc) is 2.81. The van der Waals surface area contributed by atoms with Gasteiger partial charge in [-0.1, -0.05) is 0 Å². The Labute approximate surface area is 119 Å². The van der Waals surface area contributed by atoms with Crippen LogP contribution in [-0.2, 0) is 4.79 Å². The van der Waals surface area contributed by atoms with Crippen molar-refractivity contribution in [2.75, 3.05) is 23.3 Å². The fraction of sp³-hybridized carbons (Fsp3) is 0.462. The second-order valence-corrected chi connectivity index (χ2v) is 6.38. The molecule has 2 unspecified atom stereocenters. The number of halogens is 1. The highest BCUT2D eigenvalue weighted by Gasteiger charge is 2.34. The van der Waals surface area contributed by atoms with Crippen LogP contribution < -0.4 is 16.0 Å². The van der Waals surface area contributed by atoms with Crippen LogP contribution in [0.3, 0.4) is 0 Å². The molecule has 2 heterocycles. The van der Waals surface area contributed by atoms with Crippen LogP contribution in [0, 0.1) is 0 Å². The van der Waals surface area contributed by atoms with Crippen molar-refractivity contribution >= 4 is 33.2 Å². The second-order valence-electron chi connectivity index (χ2n) is 5.53. The first kappa shape index (κ1) is 12.9. The summed E-state index contributed by atoms with van der Waals surface area (Å²) in [5.41, 5.74) is 7.72. The third-order valence-corrected chi connectivity index (χ3v) is 4.42. The van der Waals surface area contributed by atoms with Crippen molar-refractivity contribution in [1.82, 2.24) is 0 Å². The molecule has 1 aromatic rings. The Bertz CT molecular complexity index is 559. The van der Waals surface area contributed by atoms with Gasteiger partial charge in [0.25, 0.3) is 0 Å². The summed E-state index contributed by atoms with van der Waals surface area (Å²) in [5.74, 6) is -0.174. The van der Waals surface area contributed by atoms with Gasteiger partial charge in [-0.3, -0.25) is 4.79 Å². The van der Waals surface area contributed by atoms with Gasteiger partial charge in [0.15, 0.2) is 0 Å². The summed E-state index contributed by atoms with van der Waals surface area (Å²) >= 11 is 3.53. The van der Waals surface area contributed by atoms with E-state index in [1.165, 1.54) is 0 Å². The van der Waals surface area contributed by atoms with Crippen LogP contribution in [0.25, 0.3) is 0 Å². The number of hydrogen-bond acceptors (Lipinski definition) is 4. The van der Waals surface area contributed by atoms with E-state index in [2.05, 4.69) is 26.1 Å². The average molecular weight is 326 g/mol. The van der Waals surface area contributed by atoms with E-state index in [1.54, 1.807) is 0 Å². The van der Waals surface area contributed by atoms with Crippen LogP contribution in [-0.4, -0.2) is 29.7 Å². The summed E-state index contributed by atoms with van der Waals surface area (Å²) < 4.78 is 0.899. The Morgan fingerprint density at radius 1 is 1.58 bits per heavy atom. The third-order valence-electron chi connectivity index (χ3n) is 3.79. The maximum atomic E-state index is 11.6. The van der Waals surface area contributed by atoms with E-state index in [0.29, 0.717) is 6.54 Å². The van der Waals surface area contributed by atoms with Gasteiger partial charge >= 0.3 is 0 Å². The molecular weight excluding hydrogens is 310 g/mol. The zero-order chi connectivity index (χ0) is 13.8. The molecule has 2 aliphatic heterocycles. The fourth-order valence-corrected chi connectivity index (χ4v) is 3.30. The normalized spacial score (nSPS) is 29.6. The van der Waals surface area contributed by atoms with Gasteiger partial charge in [-0.25, -0.2) is 0 Å². The van der Waals surface area contributed by atoms with Gasteiger partial charge < -0.3 is 21.1 Å². The molecule has 2 atom stereocenters. The number of benzene rings is 1. The SMILES string of the molecule is CC1(O)CCN(c2cc3c(cc2Br)C(N)C(=O)N3)C1. The van der Waals surface area contributed by atoms with Gasteiger partial charge in [0, 0.05) is 28.8 Å². The summed E-state index contributed by atoms with van der Waals surface area (Å²) in [6.45, 7) is 3.22. The van der Waals surface area contributed by atoms with Crippen molar-refractivity contribution in [2.45, 2.75) is 25.0 Å². The fourth-order valence-electron chi connectivity index (χ4n) is 2.69. The smallest absolute Gasteiger partial charge is 0.245 e. The minimum Gasteiger partial charge on any atom is -0.388 e. The number of nitrogens with zero attached hydrogens (tertiary/aromatic N) is 1. The predicted octanol–water partition coefficient (Wildman–Crippen LogP) is 1.36. The van der Waals surface area contributed by atoms with Gasteiger partial charge in [-0.05, 0) is 41.4 Å². The van der Waals surface area contributed by atoms with Gasteiger partial charge in [0.05, 0.1) is 11.3 Å². The van der Waals surface area contributed by atoms with Crippen molar-refractivity contribution in [1.29, 1.82) is 0 Å². The predicted molar refractivity (Wildman–Crippen MR) is 77.2 cm³/mol. The molecule has 6 heteroatoms. The number of nitrogens with two attached hydrogens (primary N) is 1. The number of hydrogen-bond donors (Lipinski definition) is 3. The minimum absolute atomic E-state index is 0.174. The largest absolute Gasteiger partial charge is 0.388 e. The first-order valence-electron chi connectivity index (χ1n) is 6.25. The van der Waals surface area contributed by atoms with Crippen LogP contribution in [0.2, 0.25) is 0 Å². The molecule has 0 aliphatic carbocycles. The molecule has 0 saturated carbocycles. The number of nitrogens with one attached hydrogen (secondary N) is 1. The van der Waals surface area contributed by atoms with Crippen molar-refractivity contribution in [3.8, 4) is 0 Å². The summed E-state index contributed by atoms with van der Waals surface area (Å²) in [6.07, 6.45) is 0.738. The third kappa shape index (κ3) is 2.13. The zero-order valence-electron chi connectivity index (χ0n) is 10.6. The van der Waals surface area contributed by atoms with Crippen LogP contribution in [0.4, 0.5) is 11.4 Å². The molecule has 0 spiro atoms. The molecule has 4 N–H and O–H groups in total. The Morgan fingerprint density at radius 3 is 2.95 bits per heavy atom. The van der Waals surface area contributed by atoms with Gasteiger partial charge in [0.1, 0.15) is 6.04 Å². The van der Waals surface area contributed by atoms with Crippen LogP contribution in [0.1, 0.15) is 24.9 Å². The molecule has 2 aliphatic rings. The lowest BCUT2D eigenvalue weighted by Crippen LogP contribution is -2.29. The second kappa shape index (κ2) is 4.19. The molecule has 3 rings (SSSR count). The van der Waals surface area contributed by atoms with Crippen molar-refractivity contribution in [2.24, 2.45) is 5.73 Å².